The summed E-state index contributed by atoms with van der Waals surface area (Å²) in [6.45, 7) is 0.373. The lowest BCUT2D eigenvalue weighted by Crippen LogP contribution is -2.36. The summed E-state index contributed by atoms with van der Waals surface area (Å²) in [5, 5.41) is 8.58. The highest BCUT2D eigenvalue weighted by atomic mass is 35.5. The fourth-order valence-corrected chi connectivity index (χ4v) is 3.14. The lowest BCUT2D eigenvalue weighted by Gasteiger charge is -2.30. The fourth-order valence-electron chi connectivity index (χ4n) is 2.61. The molecule has 0 bridgehead atoms. The number of nitrogens with zero attached hydrogens (tertiary/aromatic N) is 4. The lowest BCUT2D eigenvalue weighted by molar-refractivity contribution is -0.118. The van der Waals surface area contributed by atoms with Crippen molar-refractivity contribution in [1.29, 1.82) is 0 Å². The molecule has 120 valence electrons. The maximum atomic E-state index is 12.7. The SMILES string of the molecule is NC(=O)Cn1cc(C(=O)N2CCCc3c(Cl)ccc(Cl)c32)nn1. The number of benzene rings is 1. The Bertz CT molecular complexity index is 789. The average molecular weight is 354 g/mol. The topological polar surface area (TPSA) is 94.1 Å². The summed E-state index contributed by atoms with van der Waals surface area (Å²) in [6.07, 6.45) is 2.92. The predicted molar refractivity (Wildman–Crippen MR) is 85.7 cm³/mol. The van der Waals surface area contributed by atoms with Crippen molar-refractivity contribution in [3.05, 3.63) is 39.6 Å². The van der Waals surface area contributed by atoms with Gasteiger partial charge < -0.3 is 10.6 Å². The zero-order valence-corrected chi connectivity index (χ0v) is 13.5. The molecule has 2 amide bonds. The standard InChI is InChI=1S/C14H13Cl2N5O2/c15-9-3-4-10(16)13-8(9)2-1-5-21(13)14(23)11-6-20(19-18-11)7-12(17)22/h3-4,6H,1-2,5,7H2,(H2,17,22). The van der Waals surface area contributed by atoms with Crippen LogP contribution >= 0.6 is 23.2 Å². The van der Waals surface area contributed by atoms with Crippen LogP contribution in [-0.2, 0) is 17.8 Å². The number of nitrogens with two attached hydrogens (primary N) is 1. The molecule has 0 fully saturated rings. The Morgan fingerprint density at radius 2 is 2.00 bits per heavy atom. The molecule has 9 heteroatoms. The Kier molecular flexibility index (Phi) is 4.23. The molecule has 0 aliphatic carbocycles. The van der Waals surface area contributed by atoms with Gasteiger partial charge in [-0.1, -0.05) is 28.4 Å². The van der Waals surface area contributed by atoms with Gasteiger partial charge in [0.15, 0.2) is 5.69 Å². The highest BCUT2D eigenvalue weighted by molar-refractivity contribution is 6.36. The van der Waals surface area contributed by atoms with E-state index in [1.807, 2.05) is 0 Å². The van der Waals surface area contributed by atoms with Crippen LogP contribution < -0.4 is 10.6 Å². The van der Waals surface area contributed by atoms with Crippen LogP contribution in [0.2, 0.25) is 10.0 Å². The van der Waals surface area contributed by atoms with E-state index in [1.54, 1.807) is 17.0 Å². The molecule has 3 rings (SSSR count). The smallest absolute Gasteiger partial charge is 0.280 e. The summed E-state index contributed by atoms with van der Waals surface area (Å²) >= 11 is 12.5. The molecule has 2 N–H and O–H groups in total. The molecule has 7 nitrogen and oxygen atoms in total. The summed E-state index contributed by atoms with van der Waals surface area (Å²) < 4.78 is 1.22. The lowest BCUT2D eigenvalue weighted by atomic mass is 10.0. The number of amides is 2. The van der Waals surface area contributed by atoms with Gasteiger partial charge in [-0.05, 0) is 30.5 Å². The van der Waals surface area contributed by atoms with Gasteiger partial charge in [-0.2, -0.15) is 0 Å². The second-order valence-corrected chi connectivity index (χ2v) is 6.00. The third-order valence-electron chi connectivity index (χ3n) is 3.58. The number of fused-ring (bicyclic) bond motifs is 1. The van der Waals surface area contributed by atoms with Crippen LogP contribution in [0, 0.1) is 0 Å². The van der Waals surface area contributed by atoms with Gasteiger partial charge in [-0.3, -0.25) is 9.59 Å². The van der Waals surface area contributed by atoms with Gasteiger partial charge in [0, 0.05) is 11.6 Å². The third-order valence-corrected chi connectivity index (χ3v) is 4.23. The first-order chi connectivity index (χ1) is 11.0. The second kappa shape index (κ2) is 6.17. The number of hydrogen-bond donors (Lipinski definition) is 1. The van der Waals surface area contributed by atoms with Crippen molar-refractivity contribution in [3.63, 3.8) is 0 Å². The number of rotatable bonds is 3. The Morgan fingerprint density at radius 3 is 2.74 bits per heavy atom. The molecule has 1 aliphatic heterocycles. The van der Waals surface area contributed by atoms with Crippen LogP contribution in [0.4, 0.5) is 5.69 Å². The largest absolute Gasteiger partial charge is 0.368 e. The molecule has 23 heavy (non-hydrogen) atoms. The number of carbonyl (C=O) groups is 2. The number of anilines is 1. The molecule has 0 saturated heterocycles. The van der Waals surface area contributed by atoms with Gasteiger partial charge in [-0.25, -0.2) is 4.68 Å². The first-order valence-electron chi connectivity index (χ1n) is 6.94. The Morgan fingerprint density at radius 1 is 1.26 bits per heavy atom. The quantitative estimate of drug-likeness (QED) is 0.907. The minimum absolute atomic E-state index is 0.121. The van der Waals surface area contributed by atoms with Gasteiger partial charge in [0.05, 0.1) is 16.9 Å². The van der Waals surface area contributed by atoms with Crippen molar-refractivity contribution >= 4 is 40.7 Å². The maximum Gasteiger partial charge on any atom is 0.280 e. The number of aromatic nitrogens is 3. The molecule has 0 unspecified atom stereocenters. The van der Waals surface area contributed by atoms with Crippen molar-refractivity contribution in [2.75, 3.05) is 11.4 Å². The van der Waals surface area contributed by atoms with E-state index in [2.05, 4.69) is 10.3 Å². The molecule has 1 aromatic heterocycles. The first kappa shape index (κ1) is 15.8. The van der Waals surface area contributed by atoms with Crippen molar-refractivity contribution in [2.24, 2.45) is 5.73 Å². The molecule has 0 saturated carbocycles. The zero-order valence-electron chi connectivity index (χ0n) is 12.0. The molecule has 0 radical (unpaired) electrons. The Labute approximate surface area is 141 Å². The maximum absolute atomic E-state index is 12.7. The second-order valence-electron chi connectivity index (χ2n) is 5.18. The van der Waals surface area contributed by atoms with Crippen LogP contribution in [0.3, 0.4) is 0 Å². The van der Waals surface area contributed by atoms with Gasteiger partial charge in [0.2, 0.25) is 5.91 Å². The van der Waals surface area contributed by atoms with E-state index in [0.29, 0.717) is 22.3 Å². The normalized spacial score (nSPS) is 13.7. The van der Waals surface area contributed by atoms with E-state index in [4.69, 9.17) is 28.9 Å². The van der Waals surface area contributed by atoms with Gasteiger partial charge in [0.25, 0.3) is 5.91 Å². The van der Waals surface area contributed by atoms with Crippen LogP contribution in [0.1, 0.15) is 22.5 Å². The van der Waals surface area contributed by atoms with Crippen molar-refractivity contribution in [1.82, 2.24) is 15.0 Å². The number of primary amides is 1. The van der Waals surface area contributed by atoms with E-state index >= 15 is 0 Å². The van der Waals surface area contributed by atoms with E-state index in [-0.39, 0.29) is 18.1 Å². The molecule has 2 aromatic rings. The number of halogens is 2. The van der Waals surface area contributed by atoms with Gasteiger partial charge >= 0.3 is 0 Å². The van der Waals surface area contributed by atoms with Crippen molar-refractivity contribution in [2.45, 2.75) is 19.4 Å². The van der Waals surface area contributed by atoms with E-state index in [9.17, 15) is 9.59 Å². The van der Waals surface area contributed by atoms with Gasteiger partial charge in [-0.15, -0.1) is 5.10 Å². The molecule has 0 spiro atoms. The monoisotopic (exact) mass is 353 g/mol. The average Bonchev–Trinajstić information content (AvgIpc) is 2.97. The minimum Gasteiger partial charge on any atom is -0.368 e. The van der Waals surface area contributed by atoms with Crippen molar-refractivity contribution < 1.29 is 9.59 Å². The van der Waals surface area contributed by atoms with Crippen molar-refractivity contribution in [3.8, 4) is 0 Å². The molecule has 1 aliphatic rings. The Balaban J connectivity index is 1.94. The molecular weight excluding hydrogens is 341 g/mol. The highest BCUT2D eigenvalue weighted by Gasteiger charge is 2.29. The molecule has 2 heterocycles. The minimum atomic E-state index is -0.563. The summed E-state index contributed by atoms with van der Waals surface area (Å²) in [7, 11) is 0. The summed E-state index contributed by atoms with van der Waals surface area (Å²) in [6, 6.07) is 3.39. The van der Waals surface area contributed by atoms with Crippen LogP contribution in [-0.4, -0.2) is 33.4 Å². The van der Waals surface area contributed by atoms with E-state index in [1.165, 1.54) is 10.9 Å². The predicted octanol–water partition coefficient (Wildman–Crippen LogP) is 1.66. The fraction of sp³-hybridized carbons (Fsp3) is 0.286. The Hall–Kier alpha value is -2.12. The highest BCUT2D eigenvalue weighted by Crippen LogP contribution is 2.39. The third kappa shape index (κ3) is 3.02. The molecule has 0 atom stereocenters. The van der Waals surface area contributed by atoms with E-state index in [0.717, 1.165) is 18.4 Å². The van der Waals surface area contributed by atoms with Crippen LogP contribution in [0.5, 0.6) is 0 Å². The molecular formula is C14H13Cl2N5O2. The van der Waals surface area contributed by atoms with Crippen LogP contribution in [0.15, 0.2) is 18.3 Å². The number of carbonyl (C=O) groups excluding carboxylic acids is 2. The van der Waals surface area contributed by atoms with Gasteiger partial charge in [0.1, 0.15) is 6.54 Å². The van der Waals surface area contributed by atoms with E-state index < -0.39 is 5.91 Å². The first-order valence-corrected chi connectivity index (χ1v) is 7.70. The molecule has 1 aromatic carbocycles. The van der Waals surface area contributed by atoms with Crippen LogP contribution in [0.25, 0.3) is 0 Å². The summed E-state index contributed by atoms with van der Waals surface area (Å²) in [5.74, 6) is -0.905. The zero-order chi connectivity index (χ0) is 16.6. The summed E-state index contributed by atoms with van der Waals surface area (Å²) in [5.41, 5.74) is 6.68. The number of hydrogen-bond acceptors (Lipinski definition) is 4. The summed E-state index contributed by atoms with van der Waals surface area (Å²) in [4.78, 5) is 25.2.